The Morgan fingerprint density at radius 3 is 2.81 bits per heavy atom. The van der Waals surface area contributed by atoms with Crippen molar-refractivity contribution in [2.45, 2.75) is 26.8 Å². The highest BCUT2D eigenvalue weighted by Crippen LogP contribution is 2.17. The molecule has 4 N–H and O–H groups in total. The van der Waals surface area contributed by atoms with E-state index in [2.05, 4.69) is 4.98 Å². The van der Waals surface area contributed by atoms with Crippen LogP contribution in [0, 0.1) is 11.3 Å². The van der Waals surface area contributed by atoms with Crippen LogP contribution in [0.2, 0.25) is 0 Å². The Hall–Kier alpha value is -1.85. The Balaban J connectivity index is 3.05. The van der Waals surface area contributed by atoms with E-state index in [9.17, 15) is 9.90 Å². The minimum atomic E-state index is -0.232. The molecule has 1 rings (SSSR count). The highest BCUT2D eigenvalue weighted by atomic mass is 16.3. The van der Waals surface area contributed by atoms with Crippen LogP contribution in [-0.2, 0) is 6.54 Å². The van der Waals surface area contributed by atoms with Crippen molar-refractivity contribution < 1.29 is 9.90 Å². The fourth-order valence-electron chi connectivity index (χ4n) is 1.23. The van der Waals surface area contributed by atoms with Gasteiger partial charge in [0, 0.05) is 5.92 Å². The predicted octanol–water partition coefficient (Wildman–Crippen LogP) is 0.712. The van der Waals surface area contributed by atoms with Gasteiger partial charge < -0.3 is 10.8 Å². The predicted molar refractivity (Wildman–Crippen MR) is 59.3 cm³/mol. The highest BCUT2D eigenvalue weighted by Gasteiger charge is 2.21. The number of hydrogen-bond donors (Lipinski definition) is 3. The van der Waals surface area contributed by atoms with Gasteiger partial charge in [-0.2, -0.15) is 0 Å². The maximum atomic E-state index is 11.8. The monoisotopic (exact) mass is 223 g/mol. The van der Waals surface area contributed by atoms with Crippen LogP contribution in [0.15, 0.2) is 6.20 Å². The maximum absolute atomic E-state index is 11.8. The Morgan fingerprint density at radius 1 is 1.69 bits per heavy atom. The van der Waals surface area contributed by atoms with Crippen LogP contribution in [0.1, 0.15) is 30.9 Å². The molecule has 0 saturated carbocycles. The number of nitrogens with two attached hydrogens (primary N) is 1. The van der Waals surface area contributed by atoms with E-state index in [0.717, 1.165) is 0 Å². The van der Waals surface area contributed by atoms with Crippen molar-refractivity contribution in [1.29, 1.82) is 5.41 Å². The van der Waals surface area contributed by atoms with Gasteiger partial charge in [-0.05, 0) is 6.42 Å². The summed E-state index contributed by atoms with van der Waals surface area (Å²) in [5.41, 5.74) is 5.24. The van der Waals surface area contributed by atoms with Crippen LogP contribution in [0.3, 0.4) is 0 Å². The van der Waals surface area contributed by atoms with Crippen LogP contribution in [-0.4, -0.2) is 26.3 Å². The zero-order valence-electron chi connectivity index (χ0n) is 9.32. The Bertz CT molecular complexity index is 411. The molecule has 6 nitrogen and oxygen atoms in total. The number of Topliss-reactive ketones (excluding diaryl/α,β-unsaturated/α-hetero) is 1. The molecule has 6 heteroatoms. The maximum Gasteiger partial charge on any atom is 0.212 e. The first-order valence-corrected chi connectivity index (χ1v) is 4.91. The minimum Gasteiger partial charge on any atom is -0.493 e. The summed E-state index contributed by atoms with van der Waals surface area (Å²) in [6, 6.07) is 0. The van der Waals surface area contributed by atoms with E-state index in [1.807, 2.05) is 6.92 Å². The van der Waals surface area contributed by atoms with Gasteiger partial charge in [0.25, 0.3) is 0 Å². The summed E-state index contributed by atoms with van der Waals surface area (Å²) >= 11 is 0. The third kappa shape index (κ3) is 2.39. The summed E-state index contributed by atoms with van der Waals surface area (Å²) in [6.07, 6.45) is 1.80. The van der Waals surface area contributed by atoms with Crippen molar-refractivity contribution in [1.82, 2.24) is 9.55 Å². The summed E-state index contributed by atoms with van der Waals surface area (Å²) in [6.45, 7) is 3.54. The Labute approximate surface area is 93.6 Å². The molecule has 0 fully saturated rings. The summed E-state index contributed by atoms with van der Waals surface area (Å²) in [5.74, 6) is 0.227. The summed E-state index contributed by atoms with van der Waals surface area (Å²) in [4.78, 5) is 15.7. The molecule has 0 bridgehead atoms. The highest BCUT2D eigenvalue weighted by molar-refractivity contribution is 6.03. The molecule has 16 heavy (non-hydrogen) atoms. The van der Waals surface area contributed by atoms with Gasteiger partial charge in [-0.15, -0.1) is 0 Å². The third-order valence-corrected chi connectivity index (χ3v) is 2.28. The molecule has 87 valence electrons. The molecule has 0 amide bonds. The lowest BCUT2D eigenvalue weighted by Gasteiger charge is -2.09. The van der Waals surface area contributed by atoms with E-state index >= 15 is 0 Å². The number of aromatic hydroxyl groups is 1. The average Bonchev–Trinajstić information content (AvgIpc) is 2.58. The summed E-state index contributed by atoms with van der Waals surface area (Å²) in [7, 11) is 0. The lowest BCUT2D eigenvalue weighted by atomic mass is 10.0. The fraction of sp³-hybridized carbons (Fsp3) is 0.400. The van der Waals surface area contributed by atoms with Crippen molar-refractivity contribution in [2.75, 3.05) is 0 Å². The van der Waals surface area contributed by atoms with Crippen LogP contribution in [0.25, 0.3) is 0 Å². The zero-order chi connectivity index (χ0) is 12.3. The summed E-state index contributed by atoms with van der Waals surface area (Å²) in [5, 5.41) is 16.6. The molecule has 1 radical (unpaired) electrons. The molecular weight excluding hydrogens is 208 g/mol. The van der Waals surface area contributed by atoms with Gasteiger partial charge in [-0.3, -0.25) is 14.8 Å². The first kappa shape index (κ1) is 12.2. The number of carbonyl (C=O) groups excluding carboxylic acids is 1. The Morgan fingerprint density at radius 2 is 2.31 bits per heavy atom. The number of hydrogen-bond acceptors (Lipinski definition) is 4. The average molecular weight is 223 g/mol. The molecule has 1 aromatic rings. The van der Waals surface area contributed by atoms with E-state index in [1.54, 1.807) is 6.92 Å². The van der Waals surface area contributed by atoms with Gasteiger partial charge in [0.2, 0.25) is 11.7 Å². The second-order valence-corrected chi connectivity index (χ2v) is 3.51. The molecule has 1 aromatic heterocycles. The second kappa shape index (κ2) is 4.78. The van der Waals surface area contributed by atoms with E-state index in [-0.39, 0.29) is 29.9 Å². The lowest BCUT2D eigenvalue weighted by Crippen LogP contribution is -2.22. The van der Waals surface area contributed by atoms with E-state index in [1.165, 1.54) is 10.8 Å². The first-order chi connectivity index (χ1) is 7.47. The number of nitrogens with zero attached hydrogens (tertiary/aromatic N) is 2. The summed E-state index contributed by atoms with van der Waals surface area (Å²) < 4.78 is 1.23. The van der Waals surface area contributed by atoms with E-state index < -0.39 is 0 Å². The number of rotatable bonds is 5. The standard InChI is InChI=1S/C10H15N4O2/c1-3-6(2)9(16)10-13-4-8(15)14(10)5-7(11)12/h4,15H,3,5H2,1-2H3,(H3,11,12). The molecule has 0 spiro atoms. The molecule has 0 atom stereocenters. The number of amidine groups is 1. The van der Waals surface area contributed by atoms with Crippen LogP contribution in [0.5, 0.6) is 5.88 Å². The number of aromatic nitrogens is 2. The number of nitrogens with one attached hydrogen (secondary N) is 1. The van der Waals surface area contributed by atoms with Gasteiger partial charge in [0.05, 0.1) is 12.7 Å². The number of carbonyl (C=O) groups is 1. The van der Waals surface area contributed by atoms with Crippen LogP contribution in [0.4, 0.5) is 0 Å². The second-order valence-electron chi connectivity index (χ2n) is 3.51. The normalized spacial score (nSPS) is 10.7. The zero-order valence-corrected chi connectivity index (χ0v) is 9.32. The SMILES string of the molecule is CC[C](C)C(=O)c1ncc(O)n1CC(=N)N. The quantitative estimate of drug-likeness (QED) is 0.388. The fourth-order valence-corrected chi connectivity index (χ4v) is 1.23. The largest absolute Gasteiger partial charge is 0.493 e. The molecule has 1 heterocycles. The van der Waals surface area contributed by atoms with Crippen molar-refractivity contribution in [3.63, 3.8) is 0 Å². The van der Waals surface area contributed by atoms with E-state index in [0.29, 0.717) is 12.3 Å². The molecule has 0 unspecified atom stereocenters. The molecule has 0 aliphatic rings. The minimum absolute atomic E-state index is 0.0378. The number of imidazole rings is 1. The molecular formula is C10H15N4O2. The topological polar surface area (TPSA) is 105 Å². The van der Waals surface area contributed by atoms with Crippen molar-refractivity contribution in [2.24, 2.45) is 5.73 Å². The van der Waals surface area contributed by atoms with Gasteiger partial charge in [0.1, 0.15) is 5.84 Å². The molecule has 0 aliphatic heterocycles. The molecule has 0 aromatic carbocycles. The van der Waals surface area contributed by atoms with E-state index in [4.69, 9.17) is 11.1 Å². The molecule has 0 saturated heterocycles. The lowest BCUT2D eigenvalue weighted by molar-refractivity contribution is 0.0989. The van der Waals surface area contributed by atoms with Gasteiger partial charge >= 0.3 is 0 Å². The van der Waals surface area contributed by atoms with Gasteiger partial charge in [-0.25, -0.2) is 4.98 Å². The van der Waals surface area contributed by atoms with Crippen molar-refractivity contribution in [3.05, 3.63) is 17.9 Å². The van der Waals surface area contributed by atoms with Gasteiger partial charge in [-0.1, -0.05) is 13.8 Å². The third-order valence-electron chi connectivity index (χ3n) is 2.28. The van der Waals surface area contributed by atoms with Crippen LogP contribution >= 0.6 is 0 Å². The van der Waals surface area contributed by atoms with Crippen molar-refractivity contribution >= 4 is 11.6 Å². The van der Waals surface area contributed by atoms with Crippen LogP contribution < -0.4 is 5.73 Å². The smallest absolute Gasteiger partial charge is 0.212 e. The van der Waals surface area contributed by atoms with Crippen molar-refractivity contribution in [3.8, 4) is 5.88 Å². The van der Waals surface area contributed by atoms with Gasteiger partial charge in [0.15, 0.2) is 5.82 Å². The Kier molecular flexibility index (Phi) is 3.65. The molecule has 0 aliphatic carbocycles. The number of ketones is 1. The first-order valence-electron chi connectivity index (χ1n) is 4.91.